The van der Waals surface area contributed by atoms with E-state index in [1.165, 1.54) is 12.1 Å². The first-order chi connectivity index (χ1) is 8.95. The van der Waals surface area contributed by atoms with Crippen LogP contribution in [0.4, 0.5) is 14.5 Å². The van der Waals surface area contributed by atoms with Crippen molar-refractivity contribution in [2.45, 2.75) is 13.0 Å². The molecule has 0 amide bonds. The lowest BCUT2D eigenvalue weighted by Gasteiger charge is -2.16. The minimum absolute atomic E-state index is 0.157. The fourth-order valence-corrected chi connectivity index (χ4v) is 2.06. The SMILES string of the molecule is CC(Nc1cc(F)cc(F)c1)c1ccc(Cl)c(Cl)c1. The van der Waals surface area contributed by atoms with E-state index in [1.807, 2.05) is 13.0 Å². The Labute approximate surface area is 120 Å². The molecule has 0 fully saturated rings. The van der Waals surface area contributed by atoms with Crippen molar-refractivity contribution in [2.75, 3.05) is 5.32 Å². The maximum atomic E-state index is 13.1. The van der Waals surface area contributed by atoms with E-state index in [0.717, 1.165) is 11.6 Å². The fourth-order valence-electron chi connectivity index (χ4n) is 1.75. The van der Waals surface area contributed by atoms with Gasteiger partial charge in [-0.1, -0.05) is 29.3 Å². The maximum absolute atomic E-state index is 13.1. The van der Waals surface area contributed by atoms with Gasteiger partial charge >= 0.3 is 0 Å². The smallest absolute Gasteiger partial charge is 0.128 e. The summed E-state index contributed by atoms with van der Waals surface area (Å²) in [5.74, 6) is -1.24. The maximum Gasteiger partial charge on any atom is 0.128 e. The van der Waals surface area contributed by atoms with Gasteiger partial charge in [0.2, 0.25) is 0 Å². The molecule has 0 bridgehead atoms. The lowest BCUT2D eigenvalue weighted by atomic mass is 10.1. The number of halogens is 4. The molecule has 1 nitrogen and oxygen atoms in total. The number of rotatable bonds is 3. The molecule has 0 aliphatic rings. The van der Waals surface area contributed by atoms with Crippen molar-refractivity contribution in [3.05, 3.63) is 63.6 Å². The third-order valence-corrected chi connectivity index (χ3v) is 3.43. The van der Waals surface area contributed by atoms with Gasteiger partial charge in [0.25, 0.3) is 0 Å². The van der Waals surface area contributed by atoms with Gasteiger partial charge in [0, 0.05) is 17.8 Å². The molecule has 0 heterocycles. The first kappa shape index (κ1) is 14.1. The van der Waals surface area contributed by atoms with Crippen molar-refractivity contribution < 1.29 is 8.78 Å². The highest BCUT2D eigenvalue weighted by Gasteiger charge is 2.09. The molecule has 2 aromatic rings. The van der Waals surface area contributed by atoms with Gasteiger partial charge in [-0.25, -0.2) is 8.78 Å². The normalized spacial score (nSPS) is 12.3. The van der Waals surface area contributed by atoms with Gasteiger partial charge in [0.05, 0.1) is 10.0 Å². The Balaban J connectivity index is 2.20. The summed E-state index contributed by atoms with van der Waals surface area (Å²) in [4.78, 5) is 0. The van der Waals surface area contributed by atoms with Gasteiger partial charge in [0.15, 0.2) is 0 Å². The molecule has 0 aliphatic carbocycles. The van der Waals surface area contributed by atoms with Gasteiger partial charge in [-0.05, 0) is 36.8 Å². The molecule has 0 spiro atoms. The van der Waals surface area contributed by atoms with Crippen LogP contribution >= 0.6 is 23.2 Å². The Morgan fingerprint density at radius 3 is 2.16 bits per heavy atom. The molecule has 0 saturated carbocycles. The predicted octanol–water partition coefficient (Wildman–Crippen LogP) is 5.44. The van der Waals surface area contributed by atoms with Crippen LogP contribution in [0.3, 0.4) is 0 Å². The summed E-state index contributed by atoms with van der Waals surface area (Å²) in [6.45, 7) is 1.86. The van der Waals surface area contributed by atoms with Gasteiger partial charge in [-0.2, -0.15) is 0 Å². The third kappa shape index (κ3) is 3.58. The zero-order chi connectivity index (χ0) is 14.0. The molecule has 0 aromatic heterocycles. The molecule has 1 unspecified atom stereocenters. The second kappa shape index (κ2) is 5.76. The van der Waals surface area contributed by atoms with Gasteiger partial charge in [-0.3, -0.25) is 0 Å². The van der Waals surface area contributed by atoms with E-state index >= 15 is 0 Å². The lowest BCUT2D eigenvalue weighted by molar-refractivity contribution is 0.583. The third-order valence-electron chi connectivity index (χ3n) is 2.69. The van der Waals surface area contributed by atoms with Crippen LogP contribution < -0.4 is 5.32 Å². The molecule has 0 aliphatic heterocycles. The van der Waals surface area contributed by atoms with Gasteiger partial charge in [0.1, 0.15) is 11.6 Å². The van der Waals surface area contributed by atoms with Crippen LogP contribution in [0.25, 0.3) is 0 Å². The van der Waals surface area contributed by atoms with Crippen LogP contribution in [-0.2, 0) is 0 Å². The highest BCUT2D eigenvalue weighted by molar-refractivity contribution is 6.42. The van der Waals surface area contributed by atoms with Crippen molar-refractivity contribution in [2.24, 2.45) is 0 Å². The van der Waals surface area contributed by atoms with Crippen molar-refractivity contribution in [3.8, 4) is 0 Å². The Morgan fingerprint density at radius 2 is 1.58 bits per heavy atom. The largest absolute Gasteiger partial charge is 0.378 e. The van der Waals surface area contributed by atoms with Crippen molar-refractivity contribution in [1.82, 2.24) is 0 Å². The van der Waals surface area contributed by atoms with E-state index < -0.39 is 11.6 Å². The summed E-state index contributed by atoms with van der Waals surface area (Å²) in [6.07, 6.45) is 0. The van der Waals surface area contributed by atoms with E-state index in [9.17, 15) is 8.78 Å². The molecule has 100 valence electrons. The quantitative estimate of drug-likeness (QED) is 0.795. The summed E-state index contributed by atoms with van der Waals surface area (Å²) in [6, 6.07) is 8.35. The molecular weight excluding hydrogens is 291 g/mol. The van der Waals surface area contributed by atoms with E-state index in [0.29, 0.717) is 15.7 Å². The van der Waals surface area contributed by atoms with Crippen LogP contribution in [-0.4, -0.2) is 0 Å². The second-order valence-corrected chi connectivity index (χ2v) is 5.01. The van der Waals surface area contributed by atoms with Gasteiger partial charge in [-0.15, -0.1) is 0 Å². The van der Waals surface area contributed by atoms with Crippen LogP contribution in [0.5, 0.6) is 0 Å². The lowest BCUT2D eigenvalue weighted by Crippen LogP contribution is -2.07. The number of nitrogens with one attached hydrogen (secondary N) is 1. The summed E-state index contributed by atoms with van der Waals surface area (Å²) >= 11 is 11.8. The zero-order valence-electron chi connectivity index (χ0n) is 10.1. The molecular formula is C14H11Cl2F2N. The van der Waals surface area contributed by atoms with Crippen molar-refractivity contribution in [3.63, 3.8) is 0 Å². The highest BCUT2D eigenvalue weighted by Crippen LogP contribution is 2.27. The van der Waals surface area contributed by atoms with Crippen LogP contribution in [0.15, 0.2) is 36.4 Å². The number of anilines is 1. The van der Waals surface area contributed by atoms with Crippen molar-refractivity contribution in [1.29, 1.82) is 0 Å². The standard InChI is InChI=1S/C14H11Cl2F2N/c1-8(9-2-3-13(15)14(16)4-9)19-12-6-10(17)5-11(18)7-12/h2-8,19H,1H3. The van der Waals surface area contributed by atoms with Gasteiger partial charge < -0.3 is 5.32 Å². The first-order valence-corrected chi connectivity index (χ1v) is 6.39. The Morgan fingerprint density at radius 1 is 0.947 bits per heavy atom. The monoisotopic (exact) mass is 301 g/mol. The minimum atomic E-state index is -0.621. The highest BCUT2D eigenvalue weighted by atomic mass is 35.5. The summed E-state index contributed by atoms with van der Waals surface area (Å²) in [5, 5.41) is 3.91. The Kier molecular flexibility index (Phi) is 4.27. The molecule has 1 N–H and O–H groups in total. The van der Waals surface area contributed by atoms with Crippen LogP contribution in [0.1, 0.15) is 18.5 Å². The summed E-state index contributed by atoms with van der Waals surface area (Å²) in [7, 11) is 0. The van der Waals surface area contributed by atoms with E-state index in [1.54, 1.807) is 12.1 Å². The van der Waals surface area contributed by atoms with Crippen LogP contribution in [0.2, 0.25) is 10.0 Å². The fraction of sp³-hybridized carbons (Fsp3) is 0.143. The van der Waals surface area contributed by atoms with Crippen LogP contribution in [0, 0.1) is 11.6 Å². The number of hydrogen-bond acceptors (Lipinski definition) is 1. The Hall–Kier alpha value is -1.32. The second-order valence-electron chi connectivity index (χ2n) is 4.20. The average Bonchev–Trinajstić information content (AvgIpc) is 2.31. The molecule has 0 saturated heterocycles. The molecule has 5 heteroatoms. The summed E-state index contributed by atoms with van der Waals surface area (Å²) < 4.78 is 26.2. The molecule has 2 rings (SSSR count). The summed E-state index contributed by atoms with van der Waals surface area (Å²) in [5.41, 5.74) is 1.25. The molecule has 1 atom stereocenters. The average molecular weight is 302 g/mol. The minimum Gasteiger partial charge on any atom is -0.378 e. The molecule has 19 heavy (non-hydrogen) atoms. The van der Waals surface area contributed by atoms with E-state index in [4.69, 9.17) is 23.2 Å². The zero-order valence-corrected chi connectivity index (χ0v) is 11.6. The topological polar surface area (TPSA) is 12.0 Å². The Bertz CT molecular complexity index is 582. The predicted molar refractivity (Wildman–Crippen MR) is 74.9 cm³/mol. The number of hydrogen-bond donors (Lipinski definition) is 1. The molecule has 2 aromatic carbocycles. The van der Waals surface area contributed by atoms with E-state index in [2.05, 4.69) is 5.32 Å². The number of benzene rings is 2. The molecule has 0 radical (unpaired) electrons. The first-order valence-electron chi connectivity index (χ1n) is 5.63. The van der Waals surface area contributed by atoms with Crippen molar-refractivity contribution >= 4 is 28.9 Å². The van der Waals surface area contributed by atoms with E-state index in [-0.39, 0.29) is 6.04 Å².